The standard InChI is InChI=1S/C30H38N8.2C2H4O2/c1-35-16-18-37(19-17-35)25-12-14-26(15-13-25)38-30-27(29(31)32-21-33-30)28(34-38)23-8-10-24(11-9-23)36(2)20-22-6-4-3-5-7-22;2*1-2(3)4/h3-11,21,25-26H,12-20H2,1-2H3,(H2,31,32,33);2*1H3,(H,3,4). The number of hydrogen-bond donors (Lipinski definition) is 3. The predicted octanol–water partition coefficient (Wildman–Crippen LogP) is 4.62. The monoisotopic (exact) mass is 630 g/mol. The number of carbonyl (C=O) groups is 2. The average Bonchev–Trinajstić information content (AvgIpc) is 3.43. The second-order valence-electron chi connectivity index (χ2n) is 12.0. The number of carboxylic acid groups (broad SMARTS) is 2. The van der Waals surface area contributed by atoms with Crippen molar-refractivity contribution in [3.8, 4) is 11.3 Å². The van der Waals surface area contributed by atoms with Crippen LogP contribution in [0.3, 0.4) is 0 Å². The van der Waals surface area contributed by atoms with Gasteiger partial charge in [0.2, 0.25) is 0 Å². The van der Waals surface area contributed by atoms with Crippen molar-refractivity contribution < 1.29 is 19.8 Å². The van der Waals surface area contributed by atoms with Crippen molar-refractivity contribution in [3.05, 3.63) is 66.5 Å². The molecule has 0 amide bonds. The summed E-state index contributed by atoms with van der Waals surface area (Å²) in [6.07, 6.45) is 6.19. The van der Waals surface area contributed by atoms with E-state index in [1.165, 1.54) is 44.6 Å². The molecule has 12 heteroatoms. The van der Waals surface area contributed by atoms with E-state index in [0.29, 0.717) is 17.9 Å². The van der Waals surface area contributed by atoms with Crippen LogP contribution in [0.15, 0.2) is 60.9 Å². The molecule has 246 valence electrons. The van der Waals surface area contributed by atoms with Crippen molar-refractivity contribution in [2.45, 2.75) is 58.2 Å². The Balaban J connectivity index is 0.000000541. The van der Waals surface area contributed by atoms with Crippen molar-refractivity contribution >= 4 is 34.5 Å². The molecule has 2 aromatic heterocycles. The topological polar surface area (TPSA) is 154 Å². The second kappa shape index (κ2) is 16.1. The van der Waals surface area contributed by atoms with Gasteiger partial charge in [-0.3, -0.25) is 14.5 Å². The Bertz CT molecular complexity index is 1540. The quantitative estimate of drug-likeness (QED) is 0.273. The molecule has 0 unspecified atom stereocenters. The molecule has 2 aliphatic rings. The first kappa shape index (κ1) is 34.3. The molecule has 2 aromatic carbocycles. The Morgan fingerprint density at radius 3 is 2.02 bits per heavy atom. The van der Waals surface area contributed by atoms with Crippen LogP contribution in [-0.4, -0.2) is 98.0 Å². The van der Waals surface area contributed by atoms with Crippen LogP contribution in [0.1, 0.15) is 51.1 Å². The number of nitrogens with two attached hydrogens (primary N) is 1. The lowest BCUT2D eigenvalue weighted by molar-refractivity contribution is -0.135. The molecule has 4 N–H and O–H groups in total. The summed E-state index contributed by atoms with van der Waals surface area (Å²) in [6.45, 7) is 7.73. The van der Waals surface area contributed by atoms with Crippen LogP contribution in [0.25, 0.3) is 22.3 Å². The number of aliphatic carboxylic acids is 2. The fourth-order valence-electron chi connectivity index (χ4n) is 6.13. The van der Waals surface area contributed by atoms with Gasteiger partial charge in [-0.2, -0.15) is 5.10 Å². The summed E-state index contributed by atoms with van der Waals surface area (Å²) < 4.78 is 2.14. The van der Waals surface area contributed by atoms with E-state index in [1.54, 1.807) is 6.33 Å². The van der Waals surface area contributed by atoms with Crippen LogP contribution >= 0.6 is 0 Å². The molecule has 4 aromatic rings. The maximum Gasteiger partial charge on any atom is 0.300 e. The van der Waals surface area contributed by atoms with Crippen molar-refractivity contribution in [2.75, 3.05) is 50.9 Å². The Morgan fingerprint density at radius 2 is 1.43 bits per heavy atom. The third-order valence-electron chi connectivity index (χ3n) is 8.43. The largest absolute Gasteiger partial charge is 0.481 e. The number of rotatable bonds is 6. The number of nitrogen functional groups attached to an aromatic ring is 1. The van der Waals surface area contributed by atoms with E-state index in [2.05, 4.69) is 98.0 Å². The molecule has 1 saturated carbocycles. The molecule has 12 nitrogen and oxygen atoms in total. The van der Waals surface area contributed by atoms with Crippen LogP contribution < -0.4 is 10.6 Å². The summed E-state index contributed by atoms with van der Waals surface area (Å²) in [5.41, 5.74) is 11.6. The molecule has 0 spiro atoms. The Morgan fingerprint density at radius 1 is 0.870 bits per heavy atom. The van der Waals surface area contributed by atoms with Crippen LogP contribution in [0.4, 0.5) is 11.5 Å². The van der Waals surface area contributed by atoms with Gasteiger partial charge in [-0.15, -0.1) is 0 Å². The fraction of sp³-hybridized carbons (Fsp3) is 0.441. The van der Waals surface area contributed by atoms with Gasteiger partial charge >= 0.3 is 0 Å². The van der Waals surface area contributed by atoms with Gasteiger partial charge in [-0.25, -0.2) is 14.6 Å². The molecule has 1 aliphatic carbocycles. The van der Waals surface area contributed by atoms with Crippen molar-refractivity contribution in [1.29, 1.82) is 0 Å². The zero-order valence-corrected chi connectivity index (χ0v) is 27.2. The first-order chi connectivity index (χ1) is 22.0. The number of anilines is 2. The molecule has 0 bridgehead atoms. The zero-order valence-electron chi connectivity index (χ0n) is 27.2. The summed E-state index contributed by atoms with van der Waals surface area (Å²) >= 11 is 0. The van der Waals surface area contributed by atoms with E-state index in [4.69, 9.17) is 30.6 Å². The first-order valence-corrected chi connectivity index (χ1v) is 15.7. The number of fused-ring (bicyclic) bond motifs is 1. The highest BCUT2D eigenvalue weighted by molar-refractivity contribution is 5.98. The summed E-state index contributed by atoms with van der Waals surface area (Å²) in [5.74, 6) is -1.17. The van der Waals surface area contributed by atoms with Crippen LogP contribution in [-0.2, 0) is 16.1 Å². The SMILES string of the molecule is CC(=O)O.CC(=O)O.CN1CCN(C2CCC(n3nc(-c4ccc(N(C)Cc5ccccc5)cc4)c4c(N)ncnc43)CC2)CC1. The highest BCUT2D eigenvalue weighted by atomic mass is 16.4. The minimum absolute atomic E-state index is 0.334. The van der Waals surface area contributed by atoms with E-state index in [-0.39, 0.29) is 0 Å². The average molecular weight is 631 g/mol. The molecule has 0 atom stereocenters. The maximum absolute atomic E-state index is 9.00. The molecule has 6 rings (SSSR count). The van der Waals surface area contributed by atoms with E-state index in [9.17, 15) is 0 Å². The van der Waals surface area contributed by atoms with Gasteiger partial charge in [0.1, 0.15) is 17.8 Å². The highest BCUT2D eigenvalue weighted by Crippen LogP contribution is 2.37. The third kappa shape index (κ3) is 9.24. The summed E-state index contributed by atoms with van der Waals surface area (Å²) in [4.78, 5) is 34.4. The van der Waals surface area contributed by atoms with Crippen molar-refractivity contribution in [3.63, 3.8) is 0 Å². The Labute approximate surface area is 270 Å². The lowest BCUT2D eigenvalue weighted by Gasteiger charge is -2.41. The highest BCUT2D eigenvalue weighted by Gasteiger charge is 2.30. The van der Waals surface area contributed by atoms with Gasteiger partial charge in [0.05, 0.1) is 11.4 Å². The summed E-state index contributed by atoms with van der Waals surface area (Å²) in [7, 11) is 4.34. The van der Waals surface area contributed by atoms with Crippen LogP contribution in [0.5, 0.6) is 0 Å². The van der Waals surface area contributed by atoms with E-state index in [0.717, 1.165) is 61.2 Å². The Hall–Kier alpha value is -4.55. The van der Waals surface area contributed by atoms with Crippen LogP contribution in [0, 0.1) is 0 Å². The van der Waals surface area contributed by atoms with Gasteiger partial charge in [-0.1, -0.05) is 42.5 Å². The van der Waals surface area contributed by atoms with E-state index in [1.807, 2.05) is 0 Å². The molecule has 1 aliphatic heterocycles. The molecular weight excluding hydrogens is 584 g/mol. The Kier molecular flexibility index (Phi) is 12.0. The number of hydrogen-bond acceptors (Lipinski definition) is 9. The number of piperazine rings is 1. The van der Waals surface area contributed by atoms with E-state index < -0.39 is 11.9 Å². The van der Waals surface area contributed by atoms with Gasteiger partial charge in [0.25, 0.3) is 11.9 Å². The minimum atomic E-state index is -0.833. The number of likely N-dealkylation sites (N-methyl/N-ethyl adjacent to an activating group) is 1. The molecule has 1 saturated heterocycles. The smallest absolute Gasteiger partial charge is 0.300 e. The first-order valence-electron chi connectivity index (χ1n) is 15.7. The number of nitrogens with zero attached hydrogens (tertiary/aromatic N) is 7. The lowest BCUT2D eigenvalue weighted by atomic mass is 9.90. The number of carboxylic acids is 2. The third-order valence-corrected chi connectivity index (χ3v) is 8.43. The van der Waals surface area contributed by atoms with Gasteiger partial charge in [0, 0.05) is 70.9 Å². The molecule has 0 radical (unpaired) electrons. The summed E-state index contributed by atoms with van der Waals surface area (Å²) in [6, 6.07) is 20.1. The molecule has 3 heterocycles. The van der Waals surface area contributed by atoms with Gasteiger partial charge < -0.3 is 25.7 Å². The molecular formula is C34H46N8O4. The van der Waals surface area contributed by atoms with Crippen molar-refractivity contribution in [2.24, 2.45) is 0 Å². The van der Waals surface area contributed by atoms with Gasteiger partial charge in [0.15, 0.2) is 5.65 Å². The fourth-order valence-corrected chi connectivity index (χ4v) is 6.13. The lowest BCUT2D eigenvalue weighted by Crippen LogP contribution is -2.49. The van der Waals surface area contributed by atoms with Crippen LogP contribution in [0.2, 0.25) is 0 Å². The van der Waals surface area contributed by atoms with Crippen molar-refractivity contribution in [1.82, 2.24) is 29.5 Å². The second-order valence-corrected chi connectivity index (χ2v) is 12.0. The predicted molar refractivity (Wildman–Crippen MR) is 181 cm³/mol. The van der Waals surface area contributed by atoms with E-state index >= 15 is 0 Å². The number of aromatic nitrogens is 4. The normalized spacial score (nSPS) is 18.5. The molecule has 2 fully saturated rings. The molecule has 46 heavy (non-hydrogen) atoms. The maximum atomic E-state index is 9.00. The number of benzene rings is 2. The zero-order chi connectivity index (χ0) is 33.2. The summed E-state index contributed by atoms with van der Waals surface area (Å²) in [5, 5.41) is 20.8. The minimum Gasteiger partial charge on any atom is -0.481 e. The van der Waals surface area contributed by atoms with Gasteiger partial charge in [-0.05, 0) is 50.4 Å².